The number of nitrogens with one attached hydrogen (secondary N) is 3. The normalized spacial score (nSPS) is 12.3. The molecule has 0 saturated carbocycles. The van der Waals surface area contributed by atoms with Crippen molar-refractivity contribution in [1.29, 1.82) is 0 Å². The third kappa shape index (κ3) is 9.84. The summed E-state index contributed by atoms with van der Waals surface area (Å²) in [5.74, 6) is -2.77. The molecule has 250 valence electrons. The Morgan fingerprint density at radius 1 is 0.729 bits per heavy atom. The van der Waals surface area contributed by atoms with E-state index in [0.717, 1.165) is 10.6 Å². The molecular weight excluding hydrogens is 632 g/mol. The maximum atomic E-state index is 14.2. The molecule has 0 fully saturated rings. The number of hydrazine groups is 1. The molecule has 0 bridgehead atoms. The van der Waals surface area contributed by atoms with Crippen LogP contribution in [0.2, 0.25) is 0 Å². The van der Waals surface area contributed by atoms with Crippen LogP contribution >= 0.6 is 0 Å². The molecule has 4 rings (SSSR count). The van der Waals surface area contributed by atoms with Crippen LogP contribution in [0.5, 0.6) is 5.75 Å². The largest absolute Gasteiger partial charge is 0.497 e. The summed E-state index contributed by atoms with van der Waals surface area (Å²) in [5, 5.41) is 6.06. The monoisotopic (exact) mass is 670 g/mol. The first-order chi connectivity index (χ1) is 23.1. The van der Waals surface area contributed by atoms with Crippen LogP contribution in [0.25, 0.3) is 0 Å². The van der Waals surface area contributed by atoms with Gasteiger partial charge in [0.15, 0.2) is 0 Å². The predicted octanol–water partition coefficient (Wildman–Crippen LogP) is 3.35. The van der Waals surface area contributed by atoms with Crippen molar-refractivity contribution in [3.05, 3.63) is 132 Å². The van der Waals surface area contributed by atoms with Gasteiger partial charge in [-0.1, -0.05) is 97.9 Å². The lowest BCUT2D eigenvalue weighted by Crippen LogP contribution is -2.60. The van der Waals surface area contributed by atoms with Gasteiger partial charge in [0.2, 0.25) is 17.6 Å². The molecule has 12 heteroatoms. The van der Waals surface area contributed by atoms with Gasteiger partial charge in [-0.3, -0.25) is 24.2 Å². The van der Waals surface area contributed by atoms with Crippen molar-refractivity contribution in [3.63, 3.8) is 0 Å². The molecule has 0 heterocycles. The van der Waals surface area contributed by atoms with Gasteiger partial charge in [-0.25, -0.2) is 8.42 Å². The molecule has 0 aromatic heterocycles. The average Bonchev–Trinajstić information content (AvgIpc) is 3.12. The molecule has 0 radical (unpaired) electrons. The van der Waals surface area contributed by atoms with Crippen LogP contribution in [-0.2, 0) is 48.6 Å². The first kappa shape index (κ1) is 35.5. The molecule has 4 aromatic carbocycles. The summed E-state index contributed by atoms with van der Waals surface area (Å²) in [6, 6.07) is 29.2. The van der Waals surface area contributed by atoms with Crippen LogP contribution in [0.15, 0.2) is 120 Å². The molecule has 0 aliphatic carbocycles. The minimum atomic E-state index is -4.31. The fourth-order valence-electron chi connectivity index (χ4n) is 4.88. The summed E-state index contributed by atoms with van der Waals surface area (Å²) in [6.07, 6.45) is -0.305. The third-order valence-corrected chi connectivity index (χ3v) is 8.81. The van der Waals surface area contributed by atoms with Crippen molar-refractivity contribution in [3.8, 4) is 5.75 Å². The second-order valence-electron chi connectivity index (χ2n) is 10.9. The van der Waals surface area contributed by atoms with Crippen LogP contribution in [0, 0.1) is 0 Å². The van der Waals surface area contributed by atoms with E-state index < -0.39 is 45.6 Å². The third-order valence-electron chi connectivity index (χ3n) is 7.48. The van der Waals surface area contributed by atoms with Crippen LogP contribution in [0.3, 0.4) is 0 Å². The fourth-order valence-corrected chi connectivity index (χ4v) is 5.99. The van der Waals surface area contributed by atoms with Crippen molar-refractivity contribution >= 4 is 33.5 Å². The number of hydrogen-bond acceptors (Lipinski definition) is 7. The van der Waals surface area contributed by atoms with E-state index in [1.807, 2.05) is 6.07 Å². The summed E-state index contributed by atoms with van der Waals surface area (Å²) >= 11 is 0. The molecule has 0 aliphatic heterocycles. The van der Waals surface area contributed by atoms with Gasteiger partial charge in [-0.05, 0) is 41.0 Å². The maximum absolute atomic E-state index is 14.2. The number of Topliss-reactive ketones (excluding diaryl/α,β-unsaturated/α-hetero) is 1. The van der Waals surface area contributed by atoms with E-state index in [9.17, 15) is 27.6 Å². The number of sulfonamides is 1. The van der Waals surface area contributed by atoms with Crippen LogP contribution in [-0.4, -0.2) is 56.1 Å². The number of ketones is 1. The predicted molar refractivity (Wildman–Crippen MR) is 180 cm³/mol. The SMILES string of the molecule is CCC(=O)N(NS(=O)(=O)c1ccccc1)C(Cc1ccc(OC)cc1)C(=O)NC(Cc1ccccc1)C(=O)C(=O)NCc1ccccc1. The van der Waals surface area contributed by atoms with Crippen LogP contribution in [0.1, 0.15) is 30.0 Å². The van der Waals surface area contributed by atoms with Crippen molar-refractivity contribution in [2.45, 2.75) is 49.7 Å². The fraction of sp³-hybridized carbons (Fsp3) is 0.222. The Bertz CT molecular complexity index is 1790. The van der Waals surface area contributed by atoms with Gasteiger partial charge in [0.05, 0.1) is 12.0 Å². The summed E-state index contributed by atoms with van der Waals surface area (Å²) in [4.78, 5) is 56.5. The zero-order valence-electron chi connectivity index (χ0n) is 26.7. The van der Waals surface area contributed by atoms with E-state index >= 15 is 0 Å². The van der Waals surface area contributed by atoms with Gasteiger partial charge in [0.25, 0.3) is 15.9 Å². The number of nitrogens with zero attached hydrogens (tertiary/aromatic N) is 1. The maximum Gasteiger partial charge on any atom is 0.289 e. The number of carbonyl (C=O) groups excluding carboxylic acids is 4. The Kier molecular flexibility index (Phi) is 12.6. The summed E-state index contributed by atoms with van der Waals surface area (Å²) in [5.41, 5.74) is 2.03. The van der Waals surface area contributed by atoms with Gasteiger partial charge in [-0.15, -0.1) is 4.83 Å². The van der Waals surface area contributed by atoms with E-state index in [1.165, 1.54) is 38.3 Å². The zero-order valence-corrected chi connectivity index (χ0v) is 27.5. The van der Waals surface area contributed by atoms with E-state index in [2.05, 4.69) is 15.5 Å². The van der Waals surface area contributed by atoms with Crippen molar-refractivity contribution in [1.82, 2.24) is 20.5 Å². The lowest BCUT2D eigenvalue weighted by molar-refractivity contribution is -0.144. The number of carbonyl (C=O) groups is 4. The standard InChI is InChI=1S/C36H38N4O7S/c1-3-33(41)40(39-48(45,46)30-17-11-6-12-18-30)32(24-27-19-21-29(47-2)22-20-27)35(43)38-31(23-26-13-7-4-8-14-26)34(42)36(44)37-25-28-15-9-5-10-16-28/h4-22,31-32,39H,3,23-25H2,1-2H3,(H,37,44)(H,38,43). The van der Waals surface area contributed by atoms with E-state index in [4.69, 9.17) is 4.74 Å². The molecule has 4 aromatic rings. The van der Waals surface area contributed by atoms with Crippen molar-refractivity contribution < 1.29 is 32.3 Å². The number of methoxy groups -OCH3 is 1. The number of amides is 3. The highest BCUT2D eigenvalue weighted by Crippen LogP contribution is 2.18. The first-order valence-corrected chi connectivity index (χ1v) is 16.8. The average molecular weight is 671 g/mol. The summed E-state index contributed by atoms with van der Waals surface area (Å²) in [7, 11) is -2.81. The quantitative estimate of drug-likeness (QED) is 0.122. The van der Waals surface area contributed by atoms with E-state index in [-0.39, 0.29) is 30.7 Å². The summed E-state index contributed by atoms with van der Waals surface area (Å²) < 4.78 is 32.1. The smallest absolute Gasteiger partial charge is 0.289 e. The minimum absolute atomic E-state index is 0.0309. The van der Waals surface area contributed by atoms with E-state index in [1.54, 1.807) is 84.9 Å². The number of hydrogen-bond donors (Lipinski definition) is 3. The molecule has 2 atom stereocenters. The molecule has 48 heavy (non-hydrogen) atoms. The van der Waals surface area contributed by atoms with Crippen molar-refractivity contribution in [2.24, 2.45) is 0 Å². The molecule has 0 spiro atoms. The molecule has 0 aliphatic rings. The van der Waals surface area contributed by atoms with Gasteiger partial charge in [-0.2, -0.15) is 0 Å². The molecule has 0 saturated heterocycles. The topological polar surface area (TPSA) is 151 Å². The summed E-state index contributed by atoms with van der Waals surface area (Å²) in [6.45, 7) is 1.63. The first-order valence-electron chi connectivity index (χ1n) is 15.3. The van der Waals surface area contributed by atoms with Gasteiger partial charge in [0.1, 0.15) is 17.8 Å². The molecular formula is C36H38N4O7S. The van der Waals surface area contributed by atoms with Gasteiger partial charge in [0, 0.05) is 25.8 Å². The second-order valence-corrected chi connectivity index (χ2v) is 12.5. The Balaban J connectivity index is 1.68. The van der Waals surface area contributed by atoms with Gasteiger partial charge < -0.3 is 15.4 Å². The second kappa shape index (κ2) is 17.0. The van der Waals surface area contributed by atoms with Crippen LogP contribution < -0.4 is 20.2 Å². The molecule has 3 amide bonds. The number of rotatable bonds is 16. The van der Waals surface area contributed by atoms with E-state index in [0.29, 0.717) is 16.9 Å². The van der Waals surface area contributed by atoms with Crippen LogP contribution in [0.4, 0.5) is 0 Å². The molecule has 11 nitrogen and oxygen atoms in total. The molecule has 3 N–H and O–H groups in total. The number of benzene rings is 4. The Labute approximate surface area is 280 Å². The highest BCUT2D eigenvalue weighted by Gasteiger charge is 2.36. The molecule has 2 unspecified atom stereocenters. The zero-order chi connectivity index (χ0) is 34.5. The Morgan fingerprint density at radius 2 is 1.27 bits per heavy atom. The Morgan fingerprint density at radius 3 is 1.83 bits per heavy atom. The highest BCUT2D eigenvalue weighted by atomic mass is 32.2. The lowest BCUT2D eigenvalue weighted by Gasteiger charge is -2.32. The van der Waals surface area contributed by atoms with Crippen molar-refractivity contribution in [2.75, 3.05) is 7.11 Å². The van der Waals surface area contributed by atoms with Gasteiger partial charge >= 0.3 is 0 Å². The minimum Gasteiger partial charge on any atom is -0.497 e. The lowest BCUT2D eigenvalue weighted by atomic mass is 9.99. The highest BCUT2D eigenvalue weighted by molar-refractivity contribution is 7.89. The number of ether oxygens (including phenoxy) is 1. The Hall–Kier alpha value is -5.33.